The zero-order valence-electron chi connectivity index (χ0n) is 12.7. The third-order valence-electron chi connectivity index (χ3n) is 4.56. The Hall–Kier alpha value is -2.50. The minimum Gasteiger partial charge on any atom is -0.395 e. The van der Waals surface area contributed by atoms with Gasteiger partial charge in [0, 0.05) is 28.4 Å². The van der Waals surface area contributed by atoms with Gasteiger partial charge in [0.05, 0.1) is 18.9 Å². The fourth-order valence-corrected chi connectivity index (χ4v) is 3.52. The van der Waals surface area contributed by atoms with E-state index in [2.05, 4.69) is 0 Å². The zero-order valence-corrected chi connectivity index (χ0v) is 12.7. The largest absolute Gasteiger partial charge is 0.395 e. The number of fused-ring (bicyclic) bond motifs is 3. The monoisotopic (exact) mass is 327 g/mol. The van der Waals surface area contributed by atoms with Crippen LogP contribution in [0.1, 0.15) is 22.7 Å². The molecule has 2 N–H and O–H groups in total. The molecule has 2 heterocycles. The van der Waals surface area contributed by atoms with E-state index >= 15 is 0 Å². The predicted octanol–water partition coefficient (Wildman–Crippen LogP) is 3.35. The van der Waals surface area contributed by atoms with Gasteiger partial charge < -0.3 is 14.8 Å². The first-order valence-electron chi connectivity index (χ1n) is 7.66. The van der Waals surface area contributed by atoms with Crippen LogP contribution >= 0.6 is 0 Å². The highest BCUT2D eigenvalue weighted by Gasteiger charge is 2.32. The Morgan fingerprint density at radius 2 is 1.75 bits per heavy atom. The molecule has 0 amide bonds. The summed E-state index contributed by atoms with van der Waals surface area (Å²) in [5.74, 6) is -2.05. The molecule has 122 valence electrons. The Morgan fingerprint density at radius 1 is 0.958 bits per heavy atom. The number of nitrogens with zero attached hydrogens (tertiary/aromatic N) is 1. The summed E-state index contributed by atoms with van der Waals surface area (Å²) in [5.41, 5.74) is 4.41. The zero-order chi connectivity index (χ0) is 16.8. The molecule has 3 nitrogen and oxygen atoms in total. The van der Waals surface area contributed by atoms with Crippen LogP contribution in [-0.4, -0.2) is 21.4 Å². The lowest BCUT2D eigenvalue weighted by molar-refractivity contribution is 0.279. The van der Waals surface area contributed by atoms with Crippen LogP contribution < -0.4 is 0 Å². The van der Waals surface area contributed by atoms with Crippen molar-refractivity contribution in [3.63, 3.8) is 0 Å². The molecule has 0 bridgehead atoms. The number of aromatic nitrogens is 1. The lowest BCUT2D eigenvalue weighted by Crippen LogP contribution is -2.01. The average Bonchev–Trinajstić information content (AvgIpc) is 3.11. The highest BCUT2D eigenvalue weighted by molar-refractivity contribution is 5.72. The van der Waals surface area contributed by atoms with E-state index < -0.39 is 11.6 Å². The van der Waals surface area contributed by atoms with Crippen molar-refractivity contribution in [1.82, 2.24) is 4.57 Å². The summed E-state index contributed by atoms with van der Waals surface area (Å²) in [7, 11) is 0. The Morgan fingerprint density at radius 3 is 2.46 bits per heavy atom. The van der Waals surface area contributed by atoms with E-state index in [1.165, 1.54) is 6.07 Å². The van der Waals surface area contributed by atoms with Gasteiger partial charge in [-0.15, -0.1) is 0 Å². The first-order valence-corrected chi connectivity index (χ1v) is 7.66. The van der Waals surface area contributed by atoms with Gasteiger partial charge in [0.25, 0.3) is 0 Å². The molecule has 1 aromatic heterocycles. The van der Waals surface area contributed by atoms with Crippen molar-refractivity contribution < 1.29 is 19.0 Å². The van der Waals surface area contributed by atoms with Crippen LogP contribution in [0.25, 0.3) is 16.9 Å². The third kappa shape index (κ3) is 2.02. The van der Waals surface area contributed by atoms with Crippen LogP contribution in [0.15, 0.2) is 48.5 Å². The van der Waals surface area contributed by atoms with E-state index in [9.17, 15) is 19.0 Å². The molecular weight excluding hydrogens is 312 g/mol. The lowest BCUT2D eigenvalue weighted by atomic mass is 9.97. The molecule has 1 aliphatic heterocycles. The number of aliphatic hydroxyl groups is 2. The summed E-state index contributed by atoms with van der Waals surface area (Å²) >= 11 is 0. The van der Waals surface area contributed by atoms with Crippen LogP contribution in [0.2, 0.25) is 0 Å². The lowest BCUT2D eigenvalue weighted by Gasteiger charge is -2.11. The smallest absolute Gasteiger partial charge is 0.159 e. The average molecular weight is 327 g/mol. The van der Waals surface area contributed by atoms with Gasteiger partial charge in [-0.05, 0) is 35.9 Å². The minimum atomic E-state index is -0.933. The standard InChI is InChI=1S/C19H15F2NO2/c20-15-6-5-11(7-16(15)21)19-12(9-23)8-18-14(10-24)13-3-1-2-4-17(13)22(18)19/h1-8,14,23-24H,9-10H2. The van der Waals surface area contributed by atoms with E-state index in [1.807, 2.05) is 34.9 Å². The molecule has 0 aliphatic carbocycles. The quantitative estimate of drug-likeness (QED) is 0.775. The first kappa shape index (κ1) is 15.1. The molecule has 24 heavy (non-hydrogen) atoms. The van der Waals surface area contributed by atoms with Crippen molar-refractivity contribution in [3.8, 4) is 16.9 Å². The van der Waals surface area contributed by atoms with Crippen molar-refractivity contribution in [2.75, 3.05) is 6.61 Å². The Kier molecular flexibility index (Phi) is 3.48. The number of para-hydroxylation sites is 1. The fraction of sp³-hybridized carbons (Fsp3) is 0.158. The normalized spacial score (nSPS) is 15.4. The number of rotatable bonds is 3. The highest BCUT2D eigenvalue weighted by atomic mass is 19.2. The second kappa shape index (κ2) is 5.54. The molecule has 3 aromatic rings. The Labute approximate surface area is 137 Å². The highest BCUT2D eigenvalue weighted by Crippen LogP contribution is 2.44. The Bertz CT molecular complexity index is 933. The van der Waals surface area contributed by atoms with Crippen molar-refractivity contribution in [1.29, 1.82) is 0 Å². The minimum absolute atomic E-state index is 0.0664. The molecule has 5 heteroatoms. The SMILES string of the molecule is OCc1cc2n(c1-c1ccc(F)c(F)c1)-c1ccccc1C2CO. The van der Waals surface area contributed by atoms with Crippen LogP contribution in [0.4, 0.5) is 8.78 Å². The molecule has 0 saturated carbocycles. The summed E-state index contributed by atoms with van der Waals surface area (Å²) in [6, 6.07) is 13.2. The maximum atomic E-state index is 13.7. The van der Waals surface area contributed by atoms with E-state index in [0.29, 0.717) is 16.8 Å². The molecule has 1 atom stereocenters. The molecule has 2 aromatic carbocycles. The maximum Gasteiger partial charge on any atom is 0.159 e. The van der Waals surface area contributed by atoms with Crippen LogP contribution in [0.3, 0.4) is 0 Å². The summed E-state index contributed by atoms with van der Waals surface area (Å²) in [5, 5.41) is 19.5. The molecule has 1 unspecified atom stereocenters. The van der Waals surface area contributed by atoms with Gasteiger partial charge in [-0.3, -0.25) is 0 Å². The third-order valence-corrected chi connectivity index (χ3v) is 4.56. The van der Waals surface area contributed by atoms with Crippen molar-refractivity contribution >= 4 is 0 Å². The van der Waals surface area contributed by atoms with Gasteiger partial charge in [-0.2, -0.15) is 0 Å². The summed E-state index contributed by atoms with van der Waals surface area (Å²) in [6.45, 7) is -0.294. The van der Waals surface area contributed by atoms with Gasteiger partial charge in [-0.1, -0.05) is 18.2 Å². The molecular formula is C19H15F2NO2. The second-order valence-electron chi connectivity index (χ2n) is 5.86. The number of benzene rings is 2. The molecule has 0 fully saturated rings. The van der Waals surface area contributed by atoms with E-state index in [-0.39, 0.29) is 19.1 Å². The predicted molar refractivity (Wildman–Crippen MR) is 86.0 cm³/mol. The number of halogens is 2. The number of aliphatic hydroxyl groups excluding tert-OH is 2. The Balaban J connectivity index is 2.02. The van der Waals surface area contributed by atoms with E-state index in [1.54, 1.807) is 0 Å². The van der Waals surface area contributed by atoms with E-state index in [0.717, 1.165) is 29.1 Å². The summed E-state index contributed by atoms with van der Waals surface area (Å²) < 4.78 is 28.9. The summed E-state index contributed by atoms with van der Waals surface area (Å²) in [6.07, 6.45) is 0. The molecule has 4 rings (SSSR count). The number of hydrogen-bond acceptors (Lipinski definition) is 2. The van der Waals surface area contributed by atoms with Gasteiger partial charge in [-0.25, -0.2) is 8.78 Å². The van der Waals surface area contributed by atoms with E-state index in [4.69, 9.17) is 0 Å². The van der Waals surface area contributed by atoms with Crippen LogP contribution in [-0.2, 0) is 6.61 Å². The van der Waals surface area contributed by atoms with Gasteiger partial charge in [0.15, 0.2) is 11.6 Å². The van der Waals surface area contributed by atoms with Gasteiger partial charge in [0.1, 0.15) is 0 Å². The van der Waals surface area contributed by atoms with Crippen molar-refractivity contribution in [2.45, 2.75) is 12.5 Å². The number of hydrogen-bond donors (Lipinski definition) is 2. The molecule has 0 saturated heterocycles. The van der Waals surface area contributed by atoms with Gasteiger partial charge >= 0.3 is 0 Å². The van der Waals surface area contributed by atoms with Crippen LogP contribution in [0.5, 0.6) is 0 Å². The fourth-order valence-electron chi connectivity index (χ4n) is 3.52. The summed E-state index contributed by atoms with van der Waals surface area (Å²) in [4.78, 5) is 0. The molecule has 0 spiro atoms. The second-order valence-corrected chi connectivity index (χ2v) is 5.86. The first-order chi connectivity index (χ1) is 11.7. The topological polar surface area (TPSA) is 45.4 Å². The van der Waals surface area contributed by atoms with Crippen LogP contribution in [0, 0.1) is 11.6 Å². The van der Waals surface area contributed by atoms with Gasteiger partial charge in [0.2, 0.25) is 0 Å². The van der Waals surface area contributed by atoms with Crippen molar-refractivity contribution in [2.24, 2.45) is 0 Å². The van der Waals surface area contributed by atoms with Crippen molar-refractivity contribution in [3.05, 3.63) is 77.0 Å². The maximum absolute atomic E-state index is 13.7. The molecule has 1 aliphatic rings. The molecule has 0 radical (unpaired) electrons.